The van der Waals surface area contributed by atoms with Gasteiger partial charge in [0.05, 0.1) is 18.3 Å². The molecule has 0 aliphatic carbocycles. The lowest BCUT2D eigenvalue weighted by molar-refractivity contribution is 0.00578. The molecule has 1 aliphatic rings. The molecule has 1 aliphatic heterocycles. The Morgan fingerprint density at radius 2 is 1.79 bits per heavy atom. The number of pyridine rings is 1. The highest BCUT2D eigenvalue weighted by Crippen LogP contribution is 2.37. The first-order valence-electron chi connectivity index (χ1n) is 9.90. The van der Waals surface area contributed by atoms with Crippen molar-refractivity contribution in [3.8, 4) is 5.88 Å². The smallest absolute Gasteiger partial charge is 0.479 e. The second kappa shape index (κ2) is 7.48. The summed E-state index contributed by atoms with van der Waals surface area (Å²) in [4.78, 5) is 4.51. The molecule has 0 amide bonds. The topological polar surface area (TPSA) is 54.7 Å². The van der Waals surface area contributed by atoms with Gasteiger partial charge in [-0.15, -0.1) is 0 Å². The highest BCUT2D eigenvalue weighted by Gasteiger charge is 2.52. The molecule has 1 fully saturated rings. The van der Waals surface area contributed by atoms with Gasteiger partial charge in [-0.25, -0.2) is 4.98 Å². The van der Waals surface area contributed by atoms with E-state index in [1.807, 2.05) is 10.8 Å². The maximum atomic E-state index is 6.24. The lowest BCUT2D eigenvalue weighted by Crippen LogP contribution is -2.41. The molecule has 8 heteroatoms. The number of hydrogen-bond donors (Lipinski definition) is 0. The summed E-state index contributed by atoms with van der Waals surface area (Å²) in [5.41, 5.74) is 1.02. The van der Waals surface area contributed by atoms with Crippen molar-refractivity contribution < 1.29 is 18.8 Å². The molecule has 0 aromatic carbocycles. The number of methoxy groups -OCH3 is 1. The van der Waals surface area contributed by atoms with Gasteiger partial charge in [0.25, 0.3) is 0 Å². The van der Waals surface area contributed by atoms with Crippen LogP contribution in [0.5, 0.6) is 5.88 Å². The van der Waals surface area contributed by atoms with E-state index in [9.17, 15) is 0 Å². The van der Waals surface area contributed by atoms with Crippen LogP contribution < -0.4 is 10.2 Å². The molecule has 3 rings (SSSR count). The first kappa shape index (κ1) is 21.4. The lowest BCUT2D eigenvalue weighted by Gasteiger charge is -2.32. The number of rotatable bonds is 7. The summed E-state index contributed by atoms with van der Waals surface area (Å²) in [6.45, 7) is 16.5. The van der Waals surface area contributed by atoms with Crippen LogP contribution in [0.1, 0.15) is 27.7 Å². The van der Waals surface area contributed by atoms with Gasteiger partial charge in [0.1, 0.15) is 12.2 Å². The number of ether oxygens (including phenoxy) is 2. The number of nitrogens with zero attached hydrogens (tertiary/aromatic N) is 2. The standard InChI is InChI=1S/C20H33BN2O4Si/c1-19(2)20(3,4)27-21(26-19)16-13-22-18(24-5)17-15(16)9-10-23(17)14-25-11-12-28(6,7)8/h9-10,13H,11-12,14H2,1-8H3. The summed E-state index contributed by atoms with van der Waals surface area (Å²) in [7, 11) is 0.0659. The van der Waals surface area contributed by atoms with Gasteiger partial charge in [-0.1, -0.05) is 19.6 Å². The molecule has 0 unspecified atom stereocenters. The van der Waals surface area contributed by atoms with Gasteiger partial charge in [-0.05, 0) is 39.8 Å². The number of aromatic nitrogens is 2. The maximum Gasteiger partial charge on any atom is 0.497 e. The molecule has 2 aromatic heterocycles. The zero-order valence-electron chi connectivity index (χ0n) is 18.5. The van der Waals surface area contributed by atoms with Crippen LogP contribution in [-0.2, 0) is 20.8 Å². The first-order chi connectivity index (χ1) is 13.0. The summed E-state index contributed by atoms with van der Waals surface area (Å²) in [6.07, 6.45) is 3.80. The fourth-order valence-corrected chi connectivity index (χ4v) is 3.92. The summed E-state index contributed by atoms with van der Waals surface area (Å²) < 4.78 is 26.0. The van der Waals surface area contributed by atoms with Gasteiger partial charge in [-0.2, -0.15) is 0 Å². The van der Waals surface area contributed by atoms with Crippen LogP contribution >= 0.6 is 0 Å². The van der Waals surface area contributed by atoms with Crippen LogP contribution in [-0.4, -0.2) is 49.7 Å². The van der Waals surface area contributed by atoms with E-state index in [2.05, 4.69) is 58.4 Å². The van der Waals surface area contributed by atoms with E-state index in [0.29, 0.717) is 12.6 Å². The highest BCUT2D eigenvalue weighted by atomic mass is 28.3. The molecule has 2 aromatic rings. The number of fused-ring (bicyclic) bond motifs is 1. The van der Waals surface area contributed by atoms with Crippen molar-refractivity contribution in [3.05, 3.63) is 18.5 Å². The molecule has 0 saturated carbocycles. The van der Waals surface area contributed by atoms with Crippen molar-refractivity contribution in [2.45, 2.75) is 71.3 Å². The summed E-state index contributed by atoms with van der Waals surface area (Å²) in [5.74, 6) is 0.578. The average molecular weight is 404 g/mol. The third-order valence-corrected chi connectivity index (χ3v) is 7.43. The van der Waals surface area contributed by atoms with Crippen LogP contribution in [0, 0.1) is 0 Å². The Hall–Kier alpha value is -1.35. The van der Waals surface area contributed by atoms with E-state index in [4.69, 9.17) is 18.8 Å². The summed E-state index contributed by atoms with van der Waals surface area (Å²) >= 11 is 0. The molecule has 0 radical (unpaired) electrons. The Morgan fingerprint density at radius 1 is 1.14 bits per heavy atom. The van der Waals surface area contributed by atoms with Crippen LogP contribution in [0.4, 0.5) is 0 Å². The minimum absolute atomic E-state index is 0.396. The average Bonchev–Trinajstić information content (AvgIpc) is 3.08. The van der Waals surface area contributed by atoms with Crippen LogP contribution in [0.2, 0.25) is 25.7 Å². The Morgan fingerprint density at radius 3 is 2.36 bits per heavy atom. The van der Waals surface area contributed by atoms with E-state index in [0.717, 1.165) is 29.0 Å². The predicted molar refractivity (Wildman–Crippen MR) is 116 cm³/mol. The molecule has 28 heavy (non-hydrogen) atoms. The van der Waals surface area contributed by atoms with E-state index in [1.165, 1.54) is 0 Å². The van der Waals surface area contributed by atoms with E-state index < -0.39 is 26.4 Å². The Balaban J connectivity index is 1.88. The largest absolute Gasteiger partial charge is 0.497 e. The molecule has 0 atom stereocenters. The summed E-state index contributed by atoms with van der Waals surface area (Å²) in [6, 6.07) is 3.20. The van der Waals surface area contributed by atoms with Crippen molar-refractivity contribution in [1.82, 2.24) is 9.55 Å². The zero-order chi connectivity index (χ0) is 20.7. The molecule has 0 N–H and O–H groups in total. The zero-order valence-corrected chi connectivity index (χ0v) is 19.5. The van der Waals surface area contributed by atoms with Gasteiger partial charge in [0.15, 0.2) is 0 Å². The normalized spacial score (nSPS) is 18.8. The van der Waals surface area contributed by atoms with E-state index >= 15 is 0 Å². The lowest BCUT2D eigenvalue weighted by atomic mass is 9.78. The van der Waals surface area contributed by atoms with Crippen LogP contribution in [0.15, 0.2) is 18.5 Å². The number of hydrogen-bond acceptors (Lipinski definition) is 5. The molecule has 0 bridgehead atoms. The Labute approximate surface area is 169 Å². The Kier molecular flexibility index (Phi) is 5.71. The molecule has 0 spiro atoms. The summed E-state index contributed by atoms with van der Waals surface area (Å²) in [5, 5.41) is 1.01. The molecule has 3 heterocycles. The molecule has 1 saturated heterocycles. The first-order valence-corrected chi connectivity index (χ1v) is 13.6. The van der Waals surface area contributed by atoms with Gasteiger partial charge >= 0.3 is 7.12 Å². The molecular formula is C20H33BN2O4Si. The third kappa shape index (κ3) is 4.15. The van der Waals surface area contributed by atoms with E-state index in [1.54, 1.807) is 13.3 Å². The SMILES string of the molecule is COc1ncc(B2OC(C)(C)C(C)(C)O2)c2ccn(COCC[Si](C)(C)C)c12. The van der Waals surface area contributed by atoms with Crippen LogP contribution in [0.3, 0.4) is 0 Å². The van der Waals surface area contributed by atoms with Crippen molar-refractivity contribution in [2.24, 2.45) is 0 Å². The van der Waals surface area contributed by atoms with Crippen molar-refractivity contribution in [2.75, 3.05) is 13.7 Å². The van der Waals surface area contributed by atoms with Crippen molar-refractivity contribution >= 4 is 31.6 Å². The highest BCUT2D eigenvalue weighted by molar-refractivity contribution is 6.76. The second-order valence-electron chi connectivity index (χ2n) is 9.71. The van der Waals surface area contributed by atoms with Crippen molar-refractivity contribution in [3.63, 3.8) is 0 Å². The van der Waals surface area contributed by atoms with E-state index in [-0.39, 0.29) is 0 Å². The molecule has 6 nitrogen and oxygen atoms in total. The Bertz CT molecular complexity index is 829. The van der Waals surface area contributed by atoms with Gasteiger partial charge < -0.3 is 23.3 Å². The minimum Gasteiger partial charge on any atom is -0.479 e. The maximum absolute atomic E-state index is 6.24. The molecular weight excluding hydrogens is 371 g/mol. The monoisotopic (exact) mass is 404 g/mol. The second-order valence-corrected chi connectivity index (χ2v) is 15.3. The minimum atomic E-state index is -1.11. The van der Waals surface area contributed by atoms with Gasteiger partial charge in [0, 0.05) is 37.9 Å². The predicted octanol–water partition coefficient (Wildman–Crippen LogP) is 3.66. The van der Waals surface area contributed by atoms with Gasteiger partial charge in [-0.3, -0.25) is 0 Å². The fraction of sp³-hybridized carbons (Fsp3) is 0.650. The van der Waals surface area contributed by atoms with Crippen molar-refractivity contribution in [1.29, 1.82) is 0 Å². The van der Waals surface area contributed by atoms with Gasteiger partial charge in [0.2, 0.25) is 5.88 Å². The fourth-order valence-electron chi connectivity index (χ4n) is 3.16. The van der Waals surface area contributed by atoms with Crippen LogP contribution in [0.25, 0.3) is 10.9 Å². The molecule has 154 valence electrons. The quantitative estimate of drug-likeness (QED) is 0.521. The third-order valence-electron chi connectivity index (χ3n) is 5.73.